The van der Waals surface area contributed by atoms with Crippen LogP contribution in [-0.4, -0.2) is 260 Å². The lowest BCUT2D eigenvalue weighted by Gasteiger charge is -2.36. The molecular formula is C91H107F7N32O8. The standard InChI is InChI=1S/C24H29FN8O2.C23H26F2N8O2.2C22H26F2N8O2/c1-24(34)7-3-6-20(24)32-13-15(11-27-32)31-8-4-5-14(12-31)21-29-22-16-9-17(25)19(35-2)10-18(16)28-23(26)33(22)30-21;1-35-18-7-14(24)6-17-19(18)28-22(26)33-21(17)29-20(30-33)13-5-15(25)10-31(9-13)16-8-27-32(11-16)12-23(34)3-2-4-23;2*1-22(2,33)11-31-10-14(7-26-31)30-8-12(4-13(23)9-30)19-28-20-15-5-16(24)18(34-3)6-17(15)27-21(25)32(20)29-19/h9-11,13-14,20,34H,3-8,12H2,1-2H3,(H2,26,28);6-8,11,13,15,34H,2-5,9-10,12H2,1H3,(H2,26,28);2*5-7,10,12-13,33H,4,8-9,11H2,1-3H3,(H2,25,27)/t14-,20?,24-;13-,15-;2*12-,13-/m1110/s1. The van der Waals surface area contributed by atoms with E-state index >= 15 is 0 Å². The van der Waals surface area contributed by atoms with Crippen LogP contribution < -0.4 is 61.5 Å². The van der Waals surface area contributed by atoms with Gasteiger partial charge in [0.25, 0.3) is 0 Å². The van der Waals surface area contributed by atoms with Crippen molar-refractivity contribution in [3.8, 4) is 23.0 Å². The van der Waals surface area contributed by atoms with Crippen LogP contribution in [0.15, 0.2) is 98.1 Å². The van der Waals surface area contributed by atoms with Crippen LogP contribution in [-0.2, 0) is 19.6 Å². The smallest absolute Gasteiger partial charge is 0.223 e. The lowest BCUT2D eigenvalue weighted by atomic mass is 9.80. The van der Waals surface area contributed by atoms with Gasteiger partial charge in [-0.25, -0.2) is 70.6 Å². The zero-order valence-electron chi connectivity index (χ0n) is 77.3. The molecule has 0 bridgehead atoms. The van der Waals surface area contributed by atoms with Crippen molar-refractivity contribution in [3.63, 3.8) is 0 Å². The van der Waals surface area contributed by atoms with Gasteiger partial charge < -0.3 is 81.9 Å². The van der Waals surface area contributed by atoms with Gasteiger partial charge in [0.05, 0.1) is 146 Å². The number of alkyl halides is 3. The highest BCUT2D eigenvalue weighted by Gasteiger charge is 2.42. The Hall–Kier alpha value is -14.1. The van der Waals surface area contributed by atoms with E-state index in [4.69, 9.17) is 46.9 Å². The van der Waals surface area contributed by atoms with Crippen molar-refractivity contribution in [2.75, 3.05) is 123 Å². The largest absolute Gasteiger partial charge is 0.494 e. The van der Waals surface area contributed by atoms with Gasteiger partial charge in [0.15, 0.2) is 80.6 Å². The summed E-state index contributed by atoms with van der Waals surface area (Å²) in [6.07, 6.45) is 19.0. The predicted octanol–water partition coefficient (Wildman–Crippen LogP) is 10.1. The average molecular weight is 1910 g/mol. The van der Waals surface area contributed by atoms with Gasteiger partial charge in [-0.2, -0.15) is 38.5 Å². The van der Waals surface area contributed by atoms with Crippen LogP contribution in [0.5, 0.6) is 23.0 Å². The number of halogens is 7. The molecule has 12 N–H and O–H groups in total. The minimum Gasteiger partial charge on any atom is -0.494 e. The molecule has 6 aliphatic rings. The number of fused-ring (bicyclic) bond motifs is 12. The molecule has 22 rings (SSSR count). The number of hydrogen-bond acceptors (Lipinski definition) is 32. The van der Waals surface area contributed by atoms with Crippen LogP contribution in [0.25, 0.3) is 66.2 Å². The highest BCUT2D eigenvalue weighted by atomic mass is 19.2. The summed E-state index contributed by atoms with van der Waals surface area (Å²) in [7, 11) is 5.59. The normalized spacial score (nSPS) is 21.4. The molecule has 1 unspecified atom stereocenters. The molecule has 16 aromatic rings. The van der Waals surface area contributed by atoms with Gasteiger partial charge in [-0.1, -0.05) is 0 Å². The van der Waals surface area contributed by atoms with E-state index < -0.39 is 64.2 Å². The Kier molecular flexibility index (Phi) is 24.5. The molecule has 47 heteroatoms. The Bertz CT molecular complexity index is 7040. The Morgan fingerprint density at radius 1 is 0.413 bits per heavy atom. The molecule has 2 aliphatic carbocycles. The zero-order valence-corrected chi connectivity index (χ0v) is 77.3. The Morgan fingerprint density at radius 3 is 1.18 bits per heavy atom. The third-order valence-electron chi connectivity index (χ3n) is 26.4. The maximum atomic E-state index is 14.9. The van der Waals surface area contributed by atoms with Gasteiger partial charge in [0.2, 0.25) is 23.8 Å². The molecule has 0 amide bonds. The number of methoxy groups -OCH3 is 4. The molecule has 4 aromatic carbocycles. The van der Waals surface area contributed by atoms with Gasteiger partial charge in [-0.15, -0.1) is 20.4 Å². The highest BCUT2D eigenvalue weighted by molar-refractivity contribution is 5.97. The van der Waals surface area contributed by atoms with E-state index in [9.17, 15) is 51.2 Å². The number of piperidine rings is 4. The number of rotatable bonds is 19. The summed E-state index contributed by atoms with van der Waals surface area (Å²) in [6.45, 7) is 13.5. The number of anilines is 8. The zero-order chi connectivity index (χ0) is 97.0. The first-order chi connectivity index (χ1) is 65.9. The molecule has 6 fully saturated rings. The Labute approximate surface area is 783 Å². The molecule has 40 nitrogen and oxygen atoms in total. The van der Waals surface area contributed by atoms with Crippen molar-refractivity contribution in [2.45, 2.75) is 196 Å². The Morgan fingerprint density at radius 2 is 0.790 bits per heavy atom. The van der Waals surface area contributed by atoms with E-state index in [-0.39, 0.29) is 115 Å². The molecule has 0 spiro atoms. The summed E-state index contributed by atoms with van der Waals surface area (Å²) in [4.78, 5) is 43.9. The monoisotopic (exact) mass is 1910 g/mol. The van der Waals surface area contributed by atoms with E-state index in [0.717, 1.165) is 87.2 Å². The molecule has 728 valence electrons. The topological polar surface area (TPSA) is 478 Å². The third-order valence-corrected chi connectivity index (χ3v) is 26.4. The molecule has 2 saturated carbocycles. The first-order valence-corrected chi connectivity index (χ1v) is 45.6. The number of nitrogens with two attached hydrogens (primary N) is 4. The number of nitrogen functional groups attached to an aromatic ring is 4. The molecule has 4 aliphatic heterocycles. The van der Waals surface area contributed by atoms with Crippen molar-refractivity contribution in [3.05, 3.63) is 145 Å². The number of nitrogens with zero attached hydrogens (tertiary/aromatic N) is 28. The van der Waals surface area contributed by atoms with Crippen molar-refractivity contribution >= 4 is 113 Å². The van der Waals surface area contributed by atoms with Gasteiger partial charge >= 0.3 is 0 Å². The van der Waals surface area contributed by atoms with E-state index in [0.29, 0.717) is 129 Å². The SMILES string of the molecule is COc1cc(F)cc2c1nc(N)n1nc([C@@H]3C[C@@H](F)CN(c4cnn(CC5(O)CCC5)c4)C3)nc21.COc1cc2nc(N)n3nc([C@@H]4CCCN(c5cnn(C6CCC[C@@]6(C)O)c5)C4)nc3c2cc1F.COc1cc2nc(N)n3nc([C@@H]4C[C@@H](F)CN(c5cnn(CC(C)(C)O)c5)C4)nc3c2cc1F.COc1cc2nc(N)n3nc([C@H]4C[C@H](F)CN(c5cnn(CC(C)(C)O)c5)C4)nc3c2cc1F. The van der Waals surface area contributed by atoms with Crippen LogP contribution in [0, 0.1) is 23.3 Å². The van der Waals surface area contributed by atoms with Crippen LogP contribution in [0.1, 0.15) is 158 Å². The van der Waals surface area contributed by atoms with E-state index in [1.54, 1.807) is 72.7 Å². The third kappa shape index (κ3) is 18.8. The summed E-state index contributed by atoms with van der Waals surface area (Å²) in [5.41, 5.74) is 27.8. The summed E-state index contributed by atoms with van der Waals surface area (Å²) in [6, 6.07) is 10.9. The van der Waals surface area contributed by atoms with Crippen molar-refractivity contribution in [1.82, 2.24) is 117 Å². The molecule has 12 aromatic heterocycles. The van der Waals surface area contributed by atoms with Crippen molar-refractivity contribution in [1.29, 1.82) is 0 Å². The Balaban J connectivity index is 0.000000118. The van der Waals surface area contributed by atoms with E-state index in [2.05, 4.69) is 80.6 Å². The number of benzene rings is 4. The van der Waals surface area contributed by atoms with E-state index in [1.165, 1.54) is 95.0 Å². The molecular weight excluding hydrogens is 1800 g/mol. The minimum absolute atomic E-state index is 0.000260. The van der Waals surface area contributed by atoms with Crippen LogP contribution >= 0.6 is 0 Å². The second-order valence-corrected chi connectivity index (χ2v) is 38.1. The average Bonchev–Trinajstić information content (AvgIpc) is 1.51. The summed E-state index contributed by atoms with van der Waals surface area (Å²) in [5, 5.41) is 78.7. The number of ether oxygens (including phenoxy) is 4. The summed E-state index contributed by atoms with van der Waals surface area (Å²) >= 11 is 0. The molecule has 16 heterocycles. The van der Waals surface area contributed by atoms with Gasteiger partial charge in [-0.3, -0.25) is 18.7 Å². The van der Waals surface area contributed by atoms with Gasteiger partial charge in [0, 0.05) is 141 Å². The fraction of sp³-hybridized carbons (Fsp3) is 0.473. The highest BCUT2D eigenvalue weighted by Crippen LogP contribution is 2.44. The van der Waals surface area contributed by atoms with Gasteiger partial charge in [0.1, 0.15) is 35.6 Å². The molecule has 9 atom stereocenters. The lowest BCUT2D eigenvalue weighted by Crippen LogP contribution is -2.41. The number of aliphatic hydroxyl groups is 4. The van der Waals surface area contributed by atoms with E-state index in [1.807, 2.05) is 44.9 Å². The number of hydrogen-bond donors (Lipinski definition) is 8. The quantitative estimate of drug-likeness (QED) is 0.0349. The van der Waals surface area contributed by atoms with Crippen molar-refractivity contribution < 1.29 is 70.1 Å². The van der Waals surface area contributed by atoms with Crippen LogP contribution in [0.3, 0.4) is 0 Å². The molecule has 4 saturated heterocycles. The molecule has 138 heavy (non-hydrogen) atoms. The lowest BCUT2D eigenvalue weighted by molar-refractivity contribution is -0.0498. The minimum atomic E-state index is -1.10. The summed E-state index contributed by atoms with van der Waals surface area (Å²) < 4.78 is 135. The van der Waals surface area contributed by atoms with Crippen LogP contribution in [0.2, 0.25) is 0 Å². The second kappa shape index (κ2) is 36.4. The second-order valence-electron chi connectivity index (χ2n) is 38.1. The maximum absolute atomic E-state index is 14.9. The number of aromatic nitrogens is 24. The fourth-order valence-electron chi connectivity index (χ4n) is 19.5. The molecule has 0 radical (unpaired) electrons. The fourth-order valence-corrected chi connectivity index (χ4v) is 19.5. The first kappa shape index (κ1) is 93.0. The predicted molar refractivity (Wildman–Crippen MR) is 498 cm³/mol. The summed E-state index contributed by atoms with van der Waals surface area (Å²) in [5.74, 6) is -0.152. The first-order valence-electron chi connectivity index (χ1n) is 45.6. The van der Waals surface area contributed by atoms with Crippen molar-refractivity contribution in [2.24, 2.45) is 0 Å². The van der Waals surface area contributed by atoms with Crippen LogP contribution in [0.4, 0.5) is 77.3 Å². The van der Waals surface area contributed by atoms with Gasteiger partial charge in [-0.05, 0) is 130 Å². The maximum Gasteiger partial charge on any atom is 0.223 e.